The Morgan fingerprint density at radius 1 is 1.24 bits per heavy atom. The molecule has 2 aromatic rings. The number of hydrogen-bond donors (Lipinski definition) is 2. The van der Waals surface area contributed by atoms with Gasteiger partial charge in [0, 0.05) is 23.0 Å². The molecule has 0 spiro atoms. The number of hydrogen-bond acceptors (Lipinski definition) is 3. The van der Waals surface area contributed by atoms with Crippen molar-refractivity contribution in [3.05, 3.63) is 36.0 Å². The molecule has 0 saturated carbocycles. The summed E-state index contributed by atoms with van der Waals surface area (Å²) in [4.78, 5) is 15.6. The molecule has 1 aromatic heterocycles. The number of anilines is 1. The van der Waals surface area contributed by atoms with E-state index in [0.717, 1.165) is 29.4 Å². The van der Waals surface area contributed by atoms with E-state index < -0.39 is 5.97 Å². The van der Waals surface area contributed by atoms with E-state index >= 15 is 0 Å². The summed E-state index contributed by atoms with van der Waals surface area (Å²) in [5, 5.41) is 14.3. The molecule has 0 bridgehead atoms. The van der Waals surface area contributed by atoms with Crippen LogP contribution in [0.15, 0.2) is 30.5 Å². The molecule has 1 aromatic carbocycles. The lowest BCUT2D eigenvalue weighted by molar-refractivity contribution is 0.0698. The second kappa shape index (κ2) is 6.57. The van der Waals surface area contributed by atoms with Crippen LogP contribution in [0, 0.1) is 5.92 Å². The van der Waals surface area contributed by atoms with Gasteiger partial charge in [-0.3, -0.25) is 0 Å². The molecule has 2 rings (SSSR count). The maximum Gasteiger partial charge on any atom is 0.337 e. The van der Waals surface area contributed by atoms with Gasteiger partial charge in [-0.1, -0.05) is 51.0 Å². The fourth-order valence-corrected chi connectivity index (χ4v) is 2.81. The summed E-state index contributed by atoms with van der Waals surface area (Å²) in [6.45, 7) is 6.52. The van der Waals surface area contributed by atoms with Gasteiger partial charge >= 0.3 is 5.97 Å². The molecule has 4 nitrogen and oxygen atoms in total. The van der Waals surface area contributed by atoms with E-state index in [9.17, 15) is 9.90 Å². The lowest BCUT2D eigenvalue weighted by atomic mass is 9.95. The van der Waals surface area contributed by atoms with Crippen LogP contribution in [-0.4, -0.2) is 22.1 Å². The Bertz CT molecular complexity index is 636. The zero-order chi connectivity index (χ0) is 15.4. The number of benzene rings is 1. The maximum absolute atomic E-state index is 11.3. The quantitative estimate of drug-likeness (QED) is 0.836. The third-order valence-corrected chi connectivity index (χ3v) is 4.15. The standard InChI is InChI=1S/C17H22N2O2/c1-4-12(5-2)11(3)19-16-14-9-7-6-8-13(14)15(10-18-16)17(20)21/h6-12H,4-5H2,1-3H3,(H,18,19)(H,20,21). The molecule has 4 heteroatoms. The predicted octanol–water partition coefficient (Wildman–Crippen LogP) is 4.17. The predicted molar refractivity (Wildman–Crippen MR) is 85.9 cm³/mol. The minimum absolute atomic E-state index is 0.242. The molecule has 0 saturated heterocycles. The van der Waals surface area contributed by atoms with E-state index in [4.69, 9.17) is 0 Å². The minimum atomic E-state index is -0.946. The molecule has 0 aliphatic rings. The van der Waals surface area contributed by atoms with Gasteiger partial charge < -0.3 is 10.4 Å². The highest BCUT2D eigenvalue weighted by molar-refractivity contribution is 6.06. The molecule has 0 amide bonds. The topological polar surface area (TPSA) is 62.2 Å². The highest BCUT2D eigenvalue weighted by Crippen LogP contribution is 2.26. The van der Waals surface area contributed by atoms with E-state index in [-0.39, 0.29) is 5.56 Å². The first-order valence-electron chi connectivity index (χ1n) is 7.46. The van der Waals surface area contributed by atoms with Gasteiger partial charge in [0.2, 0.25) is 0 Å². The lowest BCUT2D eigenvalue weighted by Crippen LogP contribution is -2.25. The molecule has 1 unspecified atom stereocenters. The second-order valence-electron chi connectivity index (χ2n) is 5.38. The van der Waals surface area contributed by atoms with Gasteiger partial charge in [-0.05, 0) is 12.8 Å². The molecule has 112 valence electrons. The van der Waals surface area contributed by atoms with Gasteiger partial charge in [-0.2, -0.15) is 0 Å². The van der Waals surface area contributed by atoms with Crippen LogP contribution in [0.25, 0.3) is 10.8 Å². The van der Waals surface area contributed by atoms with Gasteiger partial charge in [0.05, 0.1) is 5.56 Å². The summed E-state index contributed by atoms with van der Waals surface area (Å²) in [6.07, 6.45) is 3.65. The SMILES string of the molecule is CCC(CC)C(C)Nc1ncc(C(=O)O)c2ccccc12. The van der Waals surface area contributed by atoms with Gasteiger partial charge in [-0.15, -0.1) is 0 Å². The molecule has 0 aliphatic heterocycles. The van der Waals surface area contributed by atoms with E-state index in [1.165, 1.54) is 6.20 Å². The Hall–Kier alpha value is -2.10. The van der Waals surface area contributed by atoms with Gasteiger partial charge in [0.1, 0.15) is 5.82 Å². The number of aromatic carboxylic acids is 1. The maximum atomic E-state index is 11.3. The Kier molecular flexibility index (Phi) is 4.78. The number of rotatable bonds is 6. The number of aromatic nitrogens is 1. The Morgan fingerprint density at radius 2 is 1.86 bits per heavy atom. The van der Waals surface area contributed by atoms with E-state index in [1.54, 1.807) is 0 Å². The molecule has 0 radical (unpaired) electrons. The Labute approximate surface area is 125 Å². The van der Waals surface area contributed by atoms with Crippen LogP contribution in [-0.2, 0) is 0 Å². The molecule has 21 heavy (non-hydrogen) atoms. The average molecular weight is 286 g/mol. The van der Waals surface area contributed by atoms with E-state index in [1.807, 2.05) is 24.3 Å². The van der Waals surface area contributed by atoms with Crippen LogP contribution in [0.2, 0.25) is 0 Å². The summed E-state index contributed by atoms with van der Waals surface area (Å²) in [7, 11) is 0. The Balaban J connectivity index is 2.42. The van der Waals surface area contributed by atoms with Crippen molar-refractivity contribution >= 4 is 22.6 Å². The van der Waals surface area contributed by atoms with Crippen LogP contribution < -0.4 is 5.32 Å². The number of nitrogens with one attached hydrogen (secondary N) is 1. The van der Waals surface area contributed by atoms with Crippen LogP contribution in [0.3, 0.4) is 0 Å². The fraction of sp³-hybridized carbons (Fsp3) is 0.412. The molecule has 1 heterocycles. The number of fused-ring (bicyclic) bond motifs is 1. The number of carbonyl (C=O) groups is 1. The number of carboxylic acids is 1. The molecular weight excluding hydrogens is 264 g/mol. The van der Waals surface area contributed by atoms with Crippen LogP contribution in [0.4, 0.5) is 5.82 Å². The fourth-order valence-electron chi connectivity index (χ4n) is 2.81. The van der Waals surface area contributed by atoms with Crippen molar-refractivity contribution in [3.8, 4) is 0 Å². The zero-order valence-corrected chi connectivity index (χ0v) is 12.8. The van der Waals surface area contributed by atoms with Crippen LogP contribution in [0.5, 0.6) is 0 Å². The normalized spacial score (nSPS) is 12.6. The summed E-state index contributed by atoms with van der Waals surface area (Å²) in [5.74, 6) is 0.387. The van der Waals surface area contributed by atoms with Gasteiger partial charge in [0.25, 0.3) is 0 Å². The number of carboxylic acid groups (broad SMARTS) is 1. The minimum Gasteiger partial charge on any atom is -0.478 e. The summed E-state index contributed by atoms with van der Waals surface area (Å²) in [5.41, 5.74) is 0.242. The van der Waals surface area contributed by atoms with Crippen molar-refractivity contribution < 1.29 is 9.90 Å². The third-order valence-electron chi connectivity index (χ3n) is 4.15. The van der Waals surface area contributed by atoms with Gasteiger partial charge in [-0.25, -0.2) is 9.78 Å². The molecular formula is C17H22N2O2. The van der Waals surface area contributed by atoms with Crippen molar-refractivity contribution in [3.63, 3.8) is 0 Å². The zero-order valence-electron chi connectivity index (χ0n) is 12.8. The van der Waals surface area contributed by atoms with Crippen LogP contribution >= 0.6 is 0 Å². The van der Waals surface area contributed by atoms with E-state index in [2.05, 4.69) is 31.1 Å². The average Bonchev–Trinajstić information content (AvgIpc) is 2.48. The largest absolute Gasteiger partial charge is 0.478 e. The van der Waals surface area contributed by atoms with E-state index in [0.29, 0.717) is 12.0 Å². The summed E-state index contributed by atoms with van der Waals surface area (Å²) >= 11 is 0. The first kappa shape index (κ1) is 15.3. The highest BCUT2D eigenvalue weighted by atomic mass is 16.4. The second-order valence-corrected chi connectivity index (χ2v) is 5.38. The summed E-state index contributed by atoms with van der Waals surface area (Å²) in [6, 6.07) is 7.79. The van der Waals surface area contributed by atoms with Crippen LogP contribution in [0.1, 0.15) is 44.0 Å². The molecule has 1 atom stereocenters. The summed E-state index contributed by atoms with van der Waals surface area (Å²) < 4.78 is 0. The Morgan fingerprint density at radius 3 is 2.43 bits per heavy atom. The van der Waals surface area contributed by atoms with Crippen molar-refractivity contribution in [1.82, 2.24) is 4.98 Å². The first-order chi connectivity index (χ1) is 10.1. The molecule has 2 N–H and O–H groups in total. The first-order valence-corrected chi connectivity index (χ1v) is 7.46. The highest BCUT2D eigenvalue weighted by Gasteiger charge is 2.17. The number of pyridine rings is 1. The lowest BCUT2D eigenvalue weighted by Gasteiger charge is -2.23. The number of nitrogens with zero attached hydrogens (tertiary/aromatic N) is 1. The monoisotopic (exact) mass is 286 g/mol. The van der Waals surface area contributed by atoms with Crippen molar-refractivity contribution in [2.45, 2.75) is 39.7 Å². The third kappa shape index (κ3) is 3.15. The molecule has 0 fully saturated rings. The van der Waals surface area contributed by atoms with Gasteiger partial charge in [0.15, 0.2) is 0 Å². The van der Waals surface area contributed by atoms with Crippen molar-refractivity contribution in [2.24, 2.45) is 5.92 Å². The van der Waals surface area contributed by atoms with Crippen molar-refractivity contribution in [2.75, 3.05) is 5.32 Å². The smallest absolute Gasteiger partial charge is 0.337 e. The van der Waals surface area contributed by atoms with Crippen molar-refractivity contribution in [1.29, 1.82) is 0 Å². The molecule has 0 aliphatic carbocycles.